The molecular formula is C15H14BrClN2S. The third-order valence-electron chi connectivity index (χ3n) is 3.40. The summed E-state index contributed by atoms with van der Waals surface area (Å²) < 4.78 is 3.35. The number of rotatable bonds is 4. The van der Waals surface area contributed by atoms with Crippen molar-refractivity contribution >= 4 is 49.9 Å². The van der Waals surface area contributed by atoms with Crippen LogP contribution in [0.25, 0.3) is 11.0 Å². The fraction of sp³-hybridized carbons (Fsp3) is 0.267. The maximum atomic E-state index is 5.92. The summed E-state index contributed by atoms with van der Waals surface area (Å²) in [6.07, 6.45) is 0.789. The number of aryl methyl sites for hydroxylation is 2. The van der Waals surface area contributed by atoms with Gasteiger partial charge in [0, 0.05) is 16.8 Å². The minimum Gasteiger partial charge on any atom is -0.323 e. The molecule has 0 fully saturated rings. The number of hydrogen-bond donors (Lipinski definition) is 0. The Bertz CT molecular complexity index is 747. The highest BCUT2D eigenvalue weighted by atomic mass is 79.9. The van der Waals surface area contributed by atoms with Gasteiger partial charge in [0.2, 0.25) is 0 Å². The Morgan fingerprint density at radius 1 is 1.35 bits per heavy atom. The van der Waals surface area contributed by atoms with Crippen LogP contribution in [0, 0.1) is 6.92 Å². The minimum atomic E-state index is 0.590. The third-order valence-corrected chi connectivity index (χ3v) is 4.99. The van der Waals surface area contributed by atoms with Crippen molar-refractivity contribution in [1.82, 2.24) is 9.55 Å². The molecule has 2 nitrogen and oxygen atoms in total. The van der Waals surface area contributed by atoms with E-state index in [0.29, 0.717) is 5.88 Å². The number of alkyl halides is 1. The number of thiophene rings is 1. The Hall–Kier alpha value is -0.840. The van der Waals surface area contributed by atoms with Gasteiger partial charge in [-0.3, -0.25) is 0 Å². The van der Waals surface area contributed by atoms with Crippen LogP contribution in [0.5, 0.6) is 0 Å². The number of halogens is 2. The van der Waals surface area contributed by atoms with E-state index in [4.69, 9.17) is 16.6 Å². The topological polar surface area (TPSA) is 17.8 Å². The monoisotopic (exact) mass is 368 g/mol. The Morgan fingerprint density at radius 3 is 2.90 bits per heavy atom. The predicted octanol–water partition coefficient (Wildman–Crippen LogP) is 5.00. The largest absolute Gasteiger partial charge is 0.323 e. The Kier molecular flexibility index (Phi) is 4.15. The zero-order valence-corrected chi connectivity index (χ0v) is 14.2. The zero-order chi connectivity index (χ0) is 14.1. The lowest BCUT2D eigenvalue weighted by atomic mass is 10.2. The van der Waals surface area contributed by atoms with E-state index in [1.807, 2.05) is 12.1 Å². The SMILES string of the molecule is Cc1cscc1Cn1c(CCCl)nc2ccc(Br)cc21. The molecule has 5 heteroatoms. The number of nitrogens with zero attached hydrogens (tertiary/aromatic N) is 2. The molecule has 0 aliphatic rings. The highest BCUT2D eigenvalue weighted by Crippen LogP contribution is 2.24. The van der Waals surface area contributed by atoms with Gasteiger partial charge in [-0.15, -0.1) is 11.6 Å². The molecule has 2 aromatic heterocycles. The maximum absolute atomic E-state index is 5.92. The number of fused-ring (bicyclic) bond motifs is 1. The average Bonchev–Trinajstić information content (AvgIpc) is 2.96. The van der Waals surface area contributed by atoms with E-state index in [-0.39, 0.29) is 0 Å². The summed E-state index contributed by atoms with van der Waals surface area (Å²) in [6.45, 7) is 3.01. The van der Waals surface area contributed by atoms with Crippen molar-refractivity contribution in [2.45, 2.75) is 19.9 Å². The van der Waals surface area contributed by atoms with Crippen molar-refractivity contribution in [2.24, 2.45) is 0 Å². The summed E-state index contributed by atoms with van der Waals surface area (Å²) in [5.74, 6) is 1.64. The second-order valence-corrected chi connectivity index (χ2v) is 6.80. The highest BCUT2D eigenvalue weighted by Gasteiger charge is 2.12. The molecule has 0 spiro atoms. The molecule has 2 heterocycles. The van der Waals surface area contributed by atoms with Crippen LogP contribution in [-0.2, 0) is 13.0 Å². The molecule has 0 aliphatic heterocycles. The first kappa shape index (κ1) is 14.1. The normalized spacial score (nSPS) is 11.3. The first-order chi connectivity index (χ1) is 9.69. The fourth-order valence-corrected chi connectivity index (χ4v) is 3.68. The third kappa shape index (κ3) is 2.65. The number of aromatic nitrogens is 2. The summed E-state index contributed by atoms with van der Waals surface area (Å²) in [5, 5.41) is 4.40. The quantitative estimate of drug-likeness (QED) is 0.592. The van der Waals surface area contributed by atoms with E-state index in [0.717, 1.165) is 34.3 Å². The van der Waals surface area contributed by atoms with Gasteiger partial charge in [0.15, 0.2) is 0 Å². The molecule has 1 aromatic carbocycles. The van der Waals surface area contributed by atoms with Gasteiger partial charge in [0.25, 0.3) is 0 Å². The summed E-state index contributed by atoms with van der Waals surface area (Å²) in [5.41, 5.74) is 4.88. The van der Waals surface area contributed by atoms with E-state index in [1.54, 1.807) is 11.3 Å². The second kappa shape index (κ2) is 5.88. The lowest BCUT2D eigenvalue weighted by Crippen LogP contribution is -2.06. The van der Waals surface area contributed by atoms with Crippen molar-refractivity contribution in [3.8, 4) is 0 Å². The van der Waals surface area contributed by atoms with Crippen LogP contribution >= 0.6 is 38.9 Å². The summed E-state index contributed by atoms with van der Waals surface area (Å²) in [4.78, 5) is 4.71. The van der Waals surface area contributed by atoms with E-state index in [1.165, 1.54) is 11.1 Å². The van der Waals surface area contributed by atoms with Crippen LogP contribution in [0.3, 0.4) is 0 Å². The minimum absolute atomic E-state index is 0.590. The molecule has 0 saturated heterocycles. The molecule has 0 aliphatic carbocycles. The number of imidazole rings is 1. The van der Waals surface area contributed by atoms with E-state index in [9.17, 15) is 0 Å². The summed E-state index contributed by atoms with van der Waals surface area (Å²) >= 11 is 11.2. The molecule has 0 atom stereocenters. The molecule has 0 N–H and O–H groups in total. The highest BCUT2D eigenvalue weighted by molar-refractivity contribution is 9.10. The van der Waals surface area contributed by atoms with Crippen molar-refractivity contribution < 1.29 is 0 Å². The van der Waals surface area contributed by atoms with Crippen molar-refractivity contribution in [3.63, 3.8) is 0 Å². The van der Waals surface area contributed by atoms with Crippen molar-refractivity contribution in [3.05, 3.63) is 50.4 Å². The fourth-order valence-electron chi connectivity index (χ4n) is 2.32. The maximum Gasteiger partial charge on any atom is 0.111 e. The first-order valence-corrected chi connectivity index (χ1v) is 8.68. The van der Waals surface area contributed by atoms with E-state index in [2.05, 4.69) is 44.2 Å². The molecule has 0 saturated carbocycles. The molecule has 0 radical (unpaired) electrons. The van der Waals surface area contributed by atoms with Gasteiger partial charge < -0.3 is 4.57 Å². The Morgan fingerprint density at radius 2 is 2.20 bits per heavy atom. The van der Waals surface area contributed by atoms with E-state index < -0.39 is 0 Å². The lowest BCUT2D eigenvalue weighted by molar-refractivity contribution is 0.753. The molecule has 104 valence electrons. The molecule has 3 rings (SSSR count). The Labute approximate surface area is 135 Å². The molecule has 3 aromatic rings. The second-order valence-electron chi connectivity index (χ2n) is 4.77. The molecule has 0 unspecified atom stereocenters. The number of benzene rings is 1. The van der Waals surface area contributed by atoms with Crippen LogP contribution in [0.15, 0.2) is 33.4 Å². The predicted molar refractivity (Wildman–Crippen MR) is 90.0 cm³/mol. The smallest absolute Gasteiger partial charge is 0.111 e. The molecule has 20 heavy (non-hydrogen) atoms. The zero-order valence-electron chi connectivity index (χ0n) is 11.1. The standard InChI is InChI=1S/C15H14BrClN2S/c1-10-8-20-9-11(10)7-19-14-6-12(16)2-3-13(14)18-15(19)4-5-17/h2-3,6,8-9H,4-5,7H2,1H3. The van der Waals surface area contributed by atoms with Crippen LogP contribution in [0.1, 0.15) is 17.0 Å². The van der Waals surface area contributed by atoms with Crippen LogP contribution in [0.2, 0.25) is 0 Å². The average molecular weight is 370 g/mol. The van der Waals surface area contributed by atoms with Gasteiger partial charge in [-0.2, -0.15) is 11.3 Å². The van der Waals surface area contributed by atoms with Gasteiger partial charge in [0.05, 0.1) is 17.6 Å². The lowest BCUT2D eigenvalue weighted by Gasteiger charge is -2.08. The van der Waals surface area contributed by atoms with Gasteiger partial charge in [-0.1, -0.05) is 15.9 Å². The van der Waals surface area contributed by atoms with E-state index >= 15 is 0 Å². The van der Waals surface area contributed by atoms with Gasteiger partial charge in [0.1, 0.15) is 5.82 Å². The van der Waals surface area contributed by atoms with Gasteiger partial charge >= 0.3 is 0 Å². The van der Waals surface area contributed by atoms with Crippen LogP contribution in [-0.4, -0.2) is 15.4 Å². The summed E-state index contributed by atoms with van der Waals surface area (Å²) in [6, 6.07) is 6.20. The first-order valence-electron chi connectivity index (χ1n) is 6.41. The summed E-state index contributed by atoms with van der Waals surface area (Å²) in [7, 11) is 0. The van der Waals surface area contributed by atoms with Crippen molar-refractivity contribution in [2.75, 3.05) is 5.88 Å². The van der Waals surface area contributed by atoms with Crippen molar-refractivity contribution in [1.29, 1.82) is 0 Å². The molecular weight excluding hydrogens is 356 g/mol. The molecule has 0 bridgehead atoms. The van der Waals surface area contributed by atoms with Gasteiger partial charge in [-0.25, -0.2) is 4.98 Å². The molecule has 0 amide bonds. The van der Waals surface area contributed by atoms with Gasteiger partial charge in [-0.05, 0) is 47.0 Å². The van der Waals surface area contributed by atoms with Crippen LogP contribution < -0.4 is 0 Å². The Balaban J connectivity index is 2.12. The van der Waals surface area contributed by atoms with Crippen LogP contribution in [0.4, 0.5) is 0 Å². The number of hydrogen-bond acceptors (Lipinski definition) is 2.